The molecule has 3 aliphatic carbocycles. The van der Waals surface area contributed by atoms with E-state index in [0.29, 0.717) is 29.0 Å². The predicted molar refractivity (Wildman–Crippen MR) is 60.6 cm³/mol. The summed E-state index contributed by atoms with van der Waals surface area (Å²) in [5.74, 6) is 6.62. The van der Waals surface area contributed by atoms with E-state index in [9.17, 15) is 4.79 Å². The summed E-state index contributed by atoms with van der Waals surface area (Å²) in [6.07, 6.45) is 8.88. The number of Topliss-reactive ketones (excluding diaryl/α,β-unsaturated/α-hetero) is 1. The quantitative estimate of drug-likeness (QED) is 0.349. The van der Waals surface area contributed by atoms with Gasteiger partial charge in [-0.1, -0.05) is 18.2 Å². The number of rotatable bonds is 2. The van der Waals surface area contributed by atoms with Crippen LogP contribution in [0.4, 0.5) is 0 Å². The number of nitrogens with two attached hydrogens (primary N) is 2. The number of carbonyl (C=O) groups excluding carboxylic acids is 1. The second-order valence-electron chi connectivity index (χ2n) is 4.73. The number of hydrogen-bond donors (Lipinski definition) is 2. The minimum absolute atomic E-state index is 0. The number of allylic oxidation sites excluding steroid dienone is 4. The van der Waals surface area contributed by atoms with Gasteiger partial charge in [0.2, 0.25) is 0 Å². The molecule has 0 aromatic carbocycles. The largest absolute Gasteiger partial charge is 0.630 e. The molecule has 17 heavy (non-hydrogen) atoms. The maximum Gasteiger partial charge on any atom is 0.168 e. The van der Waals surface area contributed by atoms with Gasteiger partial charge < -0.3 is 17.0 Å². The Morgan fingerprint density at radius 2 is 2.12 bits per heavy atom. The summed E-state index contributed by atoms with van der Waals surface area (Å²) in [4.78, 5) is 12.2. The van der Waals surface area contributed by atoms with Gasteiger partial charge in [0.25, 0.3) is 0 Å². The van der Waals surface area contributed by atoms with E-state index < -0.39 is 0 Å². The molecule has 0 aromatic heterocycles. The van der Waals surface area contributed by atoms with Crippen molar-refractivity contribution in [2.45, 2.75) is 6.42 Å². The molecule has 86 valence electrons. The van der Waals surface area contributed by atoms with Crippen molar-refractivity contribution < 1.29 is 4.79 Å². The van der Waals surface area contributed by atoms with E-state index >= 15 is 0 Å². The Balaban J connectivity index is 0.00000108. The Morgan fingerprint density at radius 3 is 2.76 bits per heavy atom. The van der Waals surface area contributed by atoms with Gasteiger partial charge in [-0.25, -0.2) is 0 Å². The maximum absolute atomic E-state index is 12.2. The Hall–Kier alpha value is -2.55. The van der Waals surface area contributed by atoms with Crippen LogP contribution in [0.2, 0.25) is 0 Å². The summed E-state index contributed by atoms with van der Waals surface area (Å²) < 4.78 is 0. The molecule has 3 aliphatic rings. The summed E-state index contributed by atoms with van der Waals surface area (Å²) in [6.45, 7) is 0. The average Bonchev–Trinajstić information content (AvgIpc) is 2.90. The molecule has 2 unspecified atom stereocenters. The summed E-state index contributed by atoms with van der Waals surface area (Å²) >= 11 is 0. The standard InChI is InChI=1S/C12H14N3O.Rf/c13-10(5-15-14)9-4-8-6-1-2-7(3-6)11(8)12(9)16;/h1-2,4-8,11H,3,13-14H2;/q-1;/b10-5-;/t6?,7?,8-,11+;/m1./s1. The van der Waals surface area contributed by atoms with Gasteiger partial charge in [0, 0.05) is 17.2 Å². The number of hydrogen-bond acceptors (Lipinski definition) is 3. The van der Waals surface area contributed by atoms with Crippen molar-refractivity contribution in [3.8, 4) is 0 Å². The molecule has 3 rings (SSSR count). The topological polar surface area (TPSA) is 83.2 Å². The smallest absolute Gasteiger partial charge is 0.168 e. The van der Waals surface area contributed by atoms with Gasteiger partial charge in [-0.15, -0.1) is 6.20 Å². The van der Waals surface area contributed by atoms with Crippen molar-refractivity contribution in [3.05, 3.63) is 41.1 Å². The molecule has 0 amide bonds. The van der Waals surface area contributed by atoms with Crippen molar-refractivity contribution in [2.24, 2.45) is 35.2 Å². The third kappa shape index (κ3) is 1.26. The molecule has 2 bridgehead atoms. The van der Waals surface area contributed by atoms with Crippen molar-refractivity contribution in [1.82, 2.24) is 0 Å². The van der Waals surface area contributed by atoms with E-state index in [2.05, 4.69) is 17.6 Å². The molecular formula is C12H14N3ORf-. The first-order valence-electron chi connectivity index (χ1n) is 5.53. The third-order valence-corrected chi connectivity index (χ3v) is 3.97. The molecule has 0 radical (unpaired) electrons. The zero-order valence-corrected chi connectivity index (χ0v) is 15.9. The van der Waals surface area contributed by atoms with Crippen molar-refractivity contribution in [3.63, 3.8) is 0 Å². The van der Waals surface area contributed by atoms with Gasteiger partial charge in [0.15, 0.2) is 5.78 Å². The molecule has 1 fully saturated rings. The fourth-order valence-corrected chi connectivity index (χ4v) is 3.30. The van der Waals surface area contributed by atoms with E-state index in [4.69, 9.17) is 11.6 Å². The van der Waals surface area contributed by atoms with Crippen LogP contribution in [0.15, 0.2) is 35.7 Å². The van der Waals surface area contributed by atoms with Gasteiger partial charge in [-0.05, 0) is 24.2 Å². The molecule has 5 heteroatoms. The molecule has 0 saturated heterocycles. The number of nitrogens with zero attached hydrogens (tertiary/aromatic N) is 1. The zero-order valence-electron chi connectivity index (χ0n) is 9.54. The van der Waals surface area contributed by atoms with Crippen LogP contribution in [0.1, 0.15) is 6.42 Å². The van der Waals surface area contributed by atoms with Gasteiger partial charge in [0.1, 0.15) is 0 Å². The second kappa shape index (κ2) is 3.49. The molecular weight excluding hydrogens is 469 g/mol. The zero-order chi connectivity index (χ0) is 11.3. The van der Waals surface area contributed by atoms with Crippen LogP contribution in [-0.4, -0.2) is 5.78 Å². The van der Waals surface area contributed by atoms with Crippen LogP contribution in [0.5, 0.6) is 0 Å². The van der Waals surface area contributed by atoms with Gasteiger partial charge >= 0.3 is 0 Å². The van der Waals surface area contributed by atoms with E-state index in [1.165, 1.54) is 6.20 Å². The van der Waals surface area contributed by atoms with Gasteiger partial charge in [-0.2, -0.15) is 0 Å². The van der Waals surface area contributed by atoms with Crippen LogP contribution in [0, 0.1) is 23.7 Å². The minimum atomic E-state index is 0. The SMILES string of the molecule is N[N-]/C=C(\N)C1=C[C@@H]2C3C=CC(C3)[C@@H]2C1=O.[Rf]. The van der Waals surface area contributed by atoms with Gasteiger partial charge in [0.05, 0.1) is 0 Å². The number of ketones is 1. The first kappa shape index (κ1) is 11.0. The molecule has 0 heterocycles. The van der Waals surface area contributed by atoms with Crippen molar-refractivity contribution in [1.29, 1.82) is 0 Å². The van der Waals surface area contributed by atoms with E-state index in [1.54, 1.807) is 0 Å². The van der Waals surface area contributed by atoms with Crippen LogP contribution in [-0.2, 0) is 4.79 Å². The van der Waals surface area contributed by atoms with Crippen LogP contribution in [0.3, 0.4) is 0 Å². The summed E-state index contributed by atoms with van der Waals surface area (Å²) in [7, 11) is 0. The summed E-state index contributed by atoms with van der Waals surface area (Å²) in [5, 5.41) is 0. The fraction of sp³-hybridized carbons (Fsp3) is 0.417. The molecule has 0 aliphatic heterocycles. The normalized spacial score (nSPS) is 37.8. The fourth-order valence-electron chi connectivity index (χ4n) is 3.30. The summed E-state index contributed by atoms with van der Waals surface area (Å²) in [6, 6.07) is 0. The van der Waals surface area contributed by atoms with Crippen LogP contribution >= 0.6 is 0 Å². The van der Waals surface area contributed by atoms with Crippen molar-refractivity contribution in [2.75, 3.05) is 0 Å². The second-order valence-corrected chi connectivity index (χ2v) is 4.73. The third-order valence-electron chi connectivity index (χ3n) is 3.97. The molecule has 4 N–H and O–H groups in total. The Kier molecular flexibility index (Phi) is 2.25. The monoisotopic (exact) mass is 483 g/mol. The molecule has 0 spiro atoms. The van der Waals surface area contributed by atoms with Crippen LogP contribution in [0.25, 0.3) is 5.43 Å². The first-order valence-corrected chi connectivity index (χ1v) is 5.53. The number of fused-ring (bicyclic) bond motifs is 5. The Labute approximate surface area is 94.0 Å². The van der Waals surface area contributed by atoms with Crippen LogP contribution < -0.4 is 11.6 Å². The van der Waals surface area contributed by atoms with E-state index in [1.807, 2.05) is 6.08 Å². The minimum Gasteiger partial charge on any atom is -0.630 e. The first-order chi connectivity index (χ1) is 7.72. The van der Waals surface area contributed by atoms with Gasteiger partial charge in [-0.3, -0.25) is 4.79 Å². The van der Waals surface area contributed by atoms with E-state index in [0.717, 1.165) is 6.42 Å². The Bertz CT molecular complexity index is 441. The van der Waals surface area contributed by atoms with Crippen molar-refractivity contribution >= 4 is 5.78 Å². The molecule has 4 nitrogen and oxygen atoms in total. The summed E-state index contributed by atoms with van der Waals surface area (Å²) in [5.41, 5.74) is 10.1. The molecule has 1 saturated carbocycles. The molecule has 0 aromatic rings. The maximum atomic E-state index is 12.2. The van der Waals surface area contributed by atoms with E-state index in [-0.39, 0.29) is 11.7 Å². The average molecular weight is 483 g/mol. The number of carbonyl (C=O) groups is 1. The predicted octanol–water partition coefficient (Wildman–Crippen LogP) is 0.981. The Morgan fingerprint density at radius 1 is 1.41 bits per heavy atom. The molecule has 4 atom stereocenters.